The summed E-state index contributed by atoms with van der Waals surface area (Å²) in [6, 6.07) is 8.10. The summed E-state index contributed by atoms with van der Waals surface area (Å²) in [5.41, 5.74) is 0.230. The van der Waals surface area contributed by atoms with Gasteiger partial charge in [0, 0.05) is 36.4 Å². The molecule has 0 bridgehead atoms. The number of thioether (sulfide) groups is 1. The zero-order valence-electron chi connectivity index (χ0n) is 15.9. The molecule has 0 aliphatic rings. The van der Waals surface area contributed by atoms with Crippen molar-refractivity contribution < 1.29 is 13.6 Å². The fourth-order valence-corrected chi connectivity index (χ4v) is 3.34. The maximum atomic E-state index is 12.7. The lowest BCUT2D eigenvalue weighted by Gasteiger charge is -2.12. The summed E-state index contributed by atoms with van der Waals surface area (Å²) in [5, 5.41) is 5.87. The Labute approximate surface area is 171 Å². The number of carbonyl (C=O) groups excluding carboxylic acids is 1. The Bertz CT molecular complexity index is 994. The maximum absolute atomic E-state index is 12.7. The highest BCUT2D eigenvalue weighted by Gasteiger charge is 2.14. The van der Waals surface area contributed by atoms with Crippen LogP contribution in [0.2, 0.25) is 0 Å². The first-order chi connectivity index (χ1) is 13.9. The van der Waals surface area contributed by atoms with Crippen LogP contribution in [0, 0.1) is 13.8 Å². The quantitative estimate of drug-likeness (QED) is 0.431. The van der Waals surface area contributed by atoms with Gasteiger partial charge in [0.15, 0.2) is 0 Å². The maximum Gasteiger partial charge on any atom is 0.288 e. The molecule has 0 aliphatic carbocycles. The second-order valence-corrected chi connectivity index (χ2v) is 7.09. The Hall–Kier alpha value is -3.01. The normalized spacial score (nSPS) is 10.9. The van der Waals surface area contributed by atoms with Crippen LogP contribution in [0.25, 0.3) is 5.82 Å². The highest BCUT2D eigenvalue weighted by molar-refractivity contribution is 7.99. The lowest BCUT2D eigenvalue weighted by Crippen LogP contribution is -2.29. The number of rotatable bonds is 8. The van der Waals surface area contributed by atoms with E-state index < -0.39 is 11.7 Å². The molecule has 0 fully saturated rings. The van der Waals surface area contributed by atoms with Crippen LogP contribution in [0.5, 0.6) is 0 Å². The number of nitrogens with one attached hydrogen (secondary N) is 2. The topological polar surface area (TPSA) is 84.7 Å². The van der Waals surface area contributed by atoms with Crippen molar-refractivity contribution in [2.75, 3.05) is 18.4 Å². The fourth-order valence-electron chi connectivity index (χ4n) is 2.70. The second kappa shape index (κ2) is 9.46. The number of imidazole rings is 1. The number of alkyl halides is 2. The zero-order valence-corrected chi connectivity index (χ0v) is 16.7. The van der Waals surface area contributed by atoms with Gasteiger partial charge < -0.3 is 10.6 Å². The summed E-state index contributed by atoms with van der Waals surface area (Å²) in [7, 11) is 0. The van der Waals surface area contributed by atoms with E-state index in [0.717, 1.165) is 5.82 Å². The molecule has 0 atom stereocenters. The summed E-state index contributed by atoms with van der Waals surface area (Å²) in [6.45, 7) is 4.38. The van der Waals surface area contributed by atoms with E-state index >= 15 is 0 Å². The van der Waals surface area contributed by atoms with Crippen molar-refractivity contribution in [3.8, 4) is 5.82 Å². The minimum Gasteiger partial charge on any atom is -0.368 e. The number of aryl methyl sites for hydroxylation is 2. The molecule has 0 aliphatic heterocycles. The second-order valence-electron chi connectivity index (χ2n) is 6.06. The van der Waals surface area contributed by atoms with Crippen LogP contribution in [-0.2, 0) is 0 Å². The molecule has 2 N–H and O–H groups in total. The van der Waals surface area contributed by atoms with Crippen LogP contribution < -0.4 is 10.6 Å². The van der Waals surface area contributed by atoms with E-state index in [-0.39, 0.29) is 10.5 Å². The van der Waals surface area contributed by atoms with E-state index in [4.69, 9.17) is 0 Å². The van der Waals surface area contributed by atoms with Crippen molar-refractivity contribution >= 4 is 23.5 Å². The van der Waals surface area contributed by atoms with E-state index in [1.807, 2.05) is 17.7 Å². The molecule has 0 spiro atoms. The van der Waals surface area contributed by atoms with Gasteiger partial charge in [-0.25, -0.2) is 15.0 Å². The van der Waals surface area contributed by atoms with Crippen molar-refractivity contribution in [1.82, 2.24) is 24.8 Å². The van der Waals surface area contributed by atoms with E-state index in [1.165, 1.54) is 12.1 Å². The number of halogens is 2. The van der Waals surface area contributed by atoms with Gasteiger partial charge in [-0.15, -0.1) is 0 Å². The molecule has 2 heterocycles. The Morgan fingerprint density at radius 1 is 1.21 bits per heavy atom. The van der Waals surface area contributed by atoms with Gasteiger partial charge in [-0.05, 0) is 26.0 Å². The van der Waals surface area contributed by atoms with Gasteiger partial charge in [0.05, 0.1) is 5.56 Å². The zero-order chi connectivity index (χ0) is 20.8. The van der Waals surface area contributed by atoms with Crippen LogP contribution in [-0.4, -0.2) is 44.3 Å². The first kappa shape index (κ1) is 20.7. The van der Waals surface area contributed by atoms with E-state index in [0.29, 0.717) is 42.3 Å². The van der Waals surface area contributed by atoms with Gasteiger partial charge in [0.2, 0.25) is 0 Å². The number of hydrogen-bond donors (Lipinski definition) is 2. The molecule has 0 saturated carbocycles. The number of aromatic nitrogens is 4. The standard InChI is InChI=1S/C19H20F2N6OS/c1-12-25-16(11-17(26-12)27-10-9-22-13(27)2)23-7-8-24-18(28)14-5-3-4-6-15(14)29-19(20)21/h3-6,9-11,19H,7-8H2,1-2H3,(H,24,28)(H,23,25,26). The minimum atomic E-state index is -2.58. The average molecular weight is 418 g/mol. The van der Waals surface area contributed by atoms with E-state index in [1.54, 1.807) is 31.3 Å². The smallest absolute Gasteiger partial charge is 0.288 e. The third-order valence-corrected chi connectivity index (χ3v) is 4.75. The molecule has 3 aromatic rings. The summed E-state index contributed by atoms with van der Waals surface area (Å²) < 4.78 is 27.2. The van der Waals surface area contributed by atoms with E-state index in [9.17, 15) is 13.6 Å². The Morgan fingerprint density at radius 3 is 2.72 bits per heavy atom. The fraction of sp³-hybridized carbons (Fsp3) is 0.263. The van der Waals surface area contributed by atoms with Crippen molar-refractivity contribution in [2.24, 2.45) is 0 Å². The molecule has 1 aromatic carbocycles. The van der Waals surface area contributed by atoms with Gasteiger partial charge in [-0.2, -0.15) is 8.78 Å². The first-order valence-electron chi connectivity index (χ1n) is 8.86. The number of nitrogens with zero attached hydrogens (tertiary/aromatic N) is 4. The summed E-state index contributed by atoms with van der Waals surface area (Å²) in [5.74, 6) is -0.272. The lowest BCUT2D eigenvalue weighted by molar-refractivity contribution is 0.0952. The van der Waals surface area contributed by atoms with Gasteiger partial charge in [0.25, 0.3) is 11.7 Å². The number of benzene rings is 1. The minimum absolute atomic E-state index is 0.230. The molecule has 1 amide bonds. The number of amides is 1. The van der Waals surface area contributed by atoms with Gasteiger partial charge >= 0.3 is 0 Å². The van der Waals surface area contributed by atoms with Crippen molar-refractivity contribution in [3.63, 3.8) is 0 Å². The molecule has 3 rings (SSSR count). The number of carbonyl (C=O) groups is 1. The average Bonchev–Trinajstić information content (AvgIpc) is 3.10. The molecule has 2 aromatic heterocycles. The predicted molar refractivity (Wildman–Crippen MR) is 108 cm³/mol. The molecule has 152 valence electrons. The monoisotopic (exact) mass is 418 g/mol. The molecule has 7 nitrogen and oxygen atoms in total. The van der Waals surface area contributed by atoms with Crippen LogP contribution in [0.3, 0.4) is 0 Å². The first-order valence-corrected chi connectivity index (χ1v) is 9.74. The van der Waals surface area contributed by atoms with Gasteiger partial charge in [-0.3, -0.25) is 9.36 Å². The number of anilines is 1. The number of hydrogen-bond acceptors (Lipinski definition) is 6. The van der Waals surface area contributed by atoms with Crippen molar-refractivity contribution in [3.05, 3.63) is 59.9 Å². The Morgan fingerprint density at radius 2 is 2.00 bits per heavy atom. The molecule has 29 heavy (non-hydrogen) atoms. The summed E-state index contributed by atoms with van der Waals surface area (Å²) >= 11 is 0.358. The third kappa shape index (κ3) is 5.50. The van der Waals surface area contributed by atoms with Crippen LogP contribution in [0.1, 0.15) is 22.0 Å². The van der Waals surface area contributed by atoms with Crippen molar-refractivity contribution in [2.45, 2.75) is 24.5 Å². The predicted octanol–water partition coefficient (Wildman–Crippen LogP) is 3.44. The van der Waals surface area contributed by atoms with E-state index in [2.05, 4.69) is 25.6 Å². The van der Waals surface area contributed by atoms with Crippen LogP contribution in [0.4, 0.5) is 14.6 Å². The van der Waals surface area contributed by atoms with Gasteiger partial charge in [0.1, 0.15) is 23.3 Å². The lowest BCUT2D eigenvalue weighted by atomic mass is 10.2. The molecule has 0 radical (unpaired) electrons. The highest BCUT2D eigenvalue weighted by atomic mass is 32.2. The molecular formula is C19H20F2N6OS. The highest BCUT2D eigenvalue weighted by Crippen LogP contribution is 2.28. The molecule has 0 unspecified atom stereocenters. The Balaban J connectivity index is 1.58. The van der Waals surface area contributed by atoms with Crippen LogP contribution >= 0.6 is 11.8 Å². The molecule has 10 heteroatoms. The van der Waals surface area contributed by atoms with Gasteiger partial charge in [-0.1, -0.05) is 23.9 Å². The van der Waals surface area contributed by atoms with Crippen molar-refractivity contribution in [1.29, 1.82) is 0 Å². The summed E-state index contributed by atoms with van der Waals surface area (Å²) in [4.78, 5) is 25.5. The summed E-state index contributed by atoms with van der Waals surface area (Å²) in [6.07, 6.45) is 3.51. The molecule has 0 saturated heterocycles. The van der Waals surface area contributed by atoms with Crippen LogP contribution in [0.15, 0.2) is 47.6 Å². The Kier molecular flexibility index (Phi) is 6.76. The third-order valence-electron chi connectivity index (χ3n) is 3.96. The molecular weight excluding hydrogens is 398 g/mol. The SMILES string of the molecule is Cc1nc(NCCNC(=O)c2ccccc2SC(F)F)cc(-n2ccnc2C)n1. The largest absolute Gasteiger partial charge is 0.368 e.